The lowest BCUT2D eigenvalue weighted by Crippen LogP contribution is -2.46. The Morgan fingerprint density at radius 2 is 1.76 bits per heavy atom. The van der Waals surface area contributed by atoms with E-state index < -0.39 is 84.8 Å². The Labute approximate surface area is 313 Å². The number of hydrogen-bond donors (Lipinski definition) is 10. The number of amides is 2. The molecule has 0 spiro atoms. The number of fused-ring (bicyclic) bond motifs is 1. The van der Waals surface area contributed by atoms with Crippen LogP contribution in [0.1, 0.15) is 46.3 Å². The van der Waals surface area contributed by atoms with Gasteiger partial charge in [0.05, 0.1) is 25.6 Å². The molecule has 2 aromatic rings. The van der Waals surface area contributed by atoms with E-state index in [-0.39, 0.29) is 35.9 Å². The molecule has 3 heterocycles. The molecule has 2 amide bonds. The number of aliphatic hydroxyl groups excluding tert-OH is 3. The molecular weight excluding hydrogens is 807 g/mol. The van der Waals surface area contributed by atoms with Crippen molar-refractivity contribution in [3.05, 3.63) is 12.7 Å². The number of thioether (sulfide) groups is 1. The predicted molar refractivity (Wildman–Crippen MR) is 188 cm³/mol. The number of imidazole rings is 1. The highest BCUT2D eigenvalue weighted by molar-refractivity contribution is 7.99. The number of hydrogen-bond acceptors (Lipinski definition) is 18. The van der Waals surface area contributed by atoms with Crippen LogP contribution in [-0.2, 0) is 45.9 Å². The van der Waals surface area contributed by atoms with Crippen molar-refractivity contribution >= 4 is 64.0 Å². The van der Waals surface area contributed by atoms with Crippen molar-refractivity contribution in [1.29, 1.82) is 0 Å². The number of ether oxygens (including phenoxy) is 1. The molecule has 3 rings (SSSR count). The third kappa shape index (κ3) is 14.1. The fourth-order valence-electron chi connectivity index (χ4n) is 4.84. The number of anilines is 1. The van der Waals surface area contributed by atoms with Gasteiger partial charge in [0.25, 0.3) is 0 Å². The molecule has 0 bridgehead atoms. The fourth-order valence-corrected chi connectivity index (χ4v) is 8.52. The van der Waals surface area contributed by atoms with Gasteiger partial charge >= 0.3 is 23.5 Å². The lowest BCUT2D eigenvalue weighted by molar-refractivity contribution is -0.137. The molecule has 24 nitrogen and oxygen atoms in total. The molecule has 1 aliphatic heterocycles. The average Bonchev–Trinajstić information content (AvgIpc) is 3.62. The van der Waals surface area contributed by atoms with Crippen molar-refractivity contribution < 1.29 is 80.8 Å². The van der Waals surface area contributed by atoms with E-state index in [0.29, 0.717) is 24.5 Å². The molecule has 0 aliphatic carbocycles. The van der Waals surface area contributed by atoms with Crippen LogP contribution >= 0.6 is 35.2 Å². The summed E-state index contributed by atoms with van der Waals surface area (Å²) in [6, 6.07) is 0. The zero-order valence-corrected chi connectivity index (χ0v) is 32.8. The summed E-state index contributed by atoms with van der Waals surface area (Å²) in [5.74, 6) is -0.240. The van der Waals surface area contributed by atoms with Gasteiger partial charge in [0, 0.05) is 36.4 Å². The molecule has 28 heteroatoms. The van der Waals surface area contributed by atoms with Gasteiger partial charge in [-0.15, -0.1) is 0 Å². The first-order valence-corrected chi connectivity index (χ1v) is 21.9. The molecule has 54 heavy (non-hydrogen) atoms. The number of carbonyl (C=O) groups excluding carboxylic acids is 2. The average molecular weight is 854 g/mol. The zero-order chi connectivity index (χ0) is 40.5. The van der Waals surface area contributed by atoms with Crippen LogP contribution in [-0.4, -0.2) is 135 Å². The lowest BCUT2D eigenvalue weighted by Gasteiger charge is -2.30. The standard InChI is InChI=1S/C26H46N7O17P3S/c1-4-5-15(34)11-54-9-8-28-17(35)6-7-29-24(38)21(37)26(2,3)12-47-53(44,45)50-52(42,43)46-10-16-20(49-51(39,40)41)19(36)25(48-16)33-14-32-18-22(27)30-13-31-23(18)33/h13-16,19-21,25,34,36-37H,4-12H2,1-3H3,(H,28,35)(H,29,38)(H,42,43)(H,44,45)(H2,27,30,31)(H2,39,40,41)/t15-,16+,19+,20+,21?,25+/m0/s1. The maximum absolute atomic E-state index is 12.7. The van der Waals surface area contributed by atoms with Gasteiger partial charge in [0.2, 0.25) is 11.8 Å². The van der Waals surface area contributed by atoms with E-state index >= 15 is 0 Å². The second-order valence-corrected chi connectivity index (χ2v) is 18.0. The Morgan fingerprint density at radius 1 is 1.07 bits per heavy atom. The second-order valence-electron chi connectivity index (χ2n) is 12.6. The quantitative estimate of drug-likeness (QED) is 0.0488. The molecular formula is C26H46N7O17P3S. The molecule has 1 aliphatic rings. The topological polar surface area (TPSA) is 367 Å². The van der Waals surface area contributed by atoms with Gasteiger partial charge < -0.3 is 56.0 Å². The van der Waals surface area contributed by atoms with E-state index in [2.05, 4.69) is 34.4 Å². The van der Waals surface area contributed by atoms with Crippen LogP contribution in [0.4, 0.5) is 5.82 Å². The van der Waals surface area contributed by atoms with E-state index in [0.717, 1.165) is 23.6 Å². The number of nitrogens with zero attached hydrogens (tertiary/aromatic N) is 4. The first kappa shape index (κ1) is 46.2. The van der Waals surface area contributed by atoms with Crippen LogP contribution in [0.15, 0.2) is 12.7 Å². The molecule has 11 N–H and O–H groups in total. The van der Waals surface area contributed by atoms with Gasteiger partial charge in [-0.2, -0.15) is 16.1 Å². The Hall–Kier alpha value is -2.15. The highest BCUT2D eigenvalue weighted by Gasteiger charge is 2.50. The summed E-state index contributed by atoms with van der Waals surface area (Å²) >= 11 is 1.48. The first-order chi connectivity index (χ1) is 25.1. The Bertz CT molecular complexity index is 1720. The maximum atomic E-state index is 12.7. The van der Waals surface area contributed by atoms with Crippen molar-refractivity contribution in [2.75, 3.05) is 43.5 Å². The smallest absolute Gasteiger partial charge is 0.392 e. The third-order valence-electron chi connectivity index (χ3n) is 7.58. The van der Waals surface area contributed by atoms with E-state index in [1.165, 1.54) is 25.6 Å². The predicted octanol–water partition coefficient (Wildman–Crippen LogP) is -0.701. The number of nitrogen functional groups attached to an aromatic ring is 1. The van der Waals surface area contributed by atoms with Crippen LogP contribution in [0.2, 0.25) is 0 Å². The fraction of sp³-hybridized carbons (Fsp3) is 0.731. The van der Waals surface area contributed by atoms with E-state index in [9.17, 15) is 58.2 Å². The molecule has 0 aromatic carbocycles. The number of rotatable bonds is 23. The molecule has 3 unspecified atom stereocenters. The van der Waals surface area contributed by atoms with Crippen molar-refractivity contribution in [3.8, 4) is 0 Å². The van der Waals surface area contributed by atoms with E-state index in [4.69, 9.17) is 19.5 Å². The van der Waals surface area contributed by atoms with Gasteiger partial charge in [-0.1, -0.05) is 27.2 Å². The Kier molecular flexibility index (Phi) is 17.0. The summed E-state index contributed by atoms with van der Waals surface area (Å²) in [5, 5.41) is 36.1. The number of nitrogens with one attached hydrogen (secondary N) is 2. The molecule has 308 valence electrons. The minimum absolute atomic E-state index is 0.0345. The van der Waals surface area contributed by atoms with Crippen molar-refractivity contribution in [3.63, 3.8) is 0 Å². The van der Waals surface area contributed by atoms with Crippen LogP contribution in [0, 0.1) is 5.41 Å². The van der Waals surface area contributed by atoms with Crippen LogP contribution in [0.25, 0.3) is 11.2 Å². The first-order valence-electron chi connectivity index (χ1n) is 16.2. The van der Waals surface area contributed by atoms with Crippen molar-refractivity contribution in [2.45, 2.75) is 76.8 Å². The summed E-state index contributed by atoms with van der Waals surface area (Å²) in [7, 11) is -16.4. The second kappa shape index (κ2) is 19.8. The lowest BCUT2D eigenvalue weighted by atomic mass is 9.87. The molecule has 8 atom stereocenters. The van der Waals surface area contributed by atoms with E-state index in [1.54, 1.807) is 0 Å². The minimum Gasteiger partial charge on any atom is -0.392 e. The number of aromatic nitrogens is 4. The monoisotopic (exact) mass is 853 g/mol. The SMILES string of the molecule is CCC[C@H](O)CSCCNC(=O)CCNC(=O)C(O)C(C)(C)COP(=O)(O)OP(=O)(O)OC[C@H]1O[C@@H](n2cnc3c(N)ncnc32)[C@H](O)[C@@H]1OP(=O)(O)O. The molecule has 0 saturated carbocycles. The summed E-state index contributed by atoms with van der Waals surface area (Å²) in [6.07, 6.45) is -5.66. The number of carbonyl (C=O) groups is 2. The maximum Gasteiger partial charge on any atom is 0.481 e. The molecule has 0 radical (unpaired) electrons. The Balaban J connectivity index is 1.50. The highest BCUT2D eigenvalue weighted by Crippen LogP contribution is 2.61. The number of nitrogens with two attached hydrogens (primary N) is 1. The van der Waals surface area contributed by atoms with Gasteiger partial charge in [-0.3, -0.25) is 27.7 Å². The van der Waals surface area contributed by atoms with Gasteiger partial charge in [0.15, 0.2) is 17.7 Å². The van der Waals surface area contributed by atoms with E-state index in [1.807, 2.05) is 6.92 Å². The van der Waals surface area contributed by atoms with Crippen molar-refractivity contribution in [2.24, 2.45) is 5.41 Å². The zero-order valence-electron chi connectivity index (χ0n) is 29.3. The Morgan fingerprint density at radius 3 is 2.43 bits per heavy atom. The number of aliphatic hydroxyl groups is 3. The van der Waals surface area contributed by atoms with Crippen LogP contribution < -0.4 is 16.4 Å². The van der Waals surface area contributed by atoms with Crippen molar-refractivity contribution in [1.82, 2.24) is 30.2 Å². The van der Waals surface area contributed by atoms with Gasteiger partial charge in [-0.25, -0.2) is 28.6 Å². The largest absolute Gasteiger partial charge is 0.481 e. The minimum atomic E-state index is -5.56. The van der Waals surface area contributed by atoms with Crippen LogP contribution in [0.5, 0.6) is 0 Å². The highest BCUT2D eigenvalue weighted by atomic mass is 32.2. The number of phosphoric acid groups is 3. The molecule has 1 fully saturated rings. The summed E-state index contributed by atoms with van der Waals surface area (Å²) in [5.41, 5.74) is 4.29. The summed E-state index contributed by atoms with van der Waals surface area (Å²) in [4.78, 5) is 75.4. The molecule has 1 saturated heterocycles. The van der Waals surface area contributed by atoms with Gasteiger partial charge in [0.1, 0.15) is 36.3 Å². The van der Waals surface area contributed by atoms with Crippen LogP contribution in [0.3, 0.4) is 0 Å². The number of phosphoric ester groups is 3. The summed E-state index contributed by atoms with van der Waals surface area (Å²) < 4.78 is 62.0. The third-order valence-corrected chi connectivity index (χ3v) is 11.8. The van der Waals surface area contributed by atoms with Gasteiger partial charge in [-0.05, 0) is 6.42 Å². The molecule has 2 aromatic heterocycles. The normalized spacial score (nSPS) is 22.7. The summed E-state index contributed by atoms with van der Waals surface area (Å²) in [6.45, 7) is 2.69.